The average molecular weight is 300 g/mol. The zero-order valence-corrected chi connectivity index (χ0v) is 13.2. The van der Waals surface area contributed by atoms with Crippen LogP contribution in [0.2, 0.25) is 0 Å². The smallest absolute Gasteiger partial charge is 0.250 e. The maximum atomic E-state index is 11.7. The SMILES string of the molecule is C=C(C)C(=O)Nc1ccc2c(c1)CN(C1CCCCC1)CO2. The van der Waals surface area contributed by atoms with Gasteiger partial charge in [-0.15, -0.1) is 0 Å². The molecule has 0 unspecified atom stereocenters. The lowest BCUT2D eigenvalue weighted by Crippen LogP contribution is -2.41. The summed E-state index contributed by atoms with van der Waals surface area (Å²) in [7, 11) is 0. The lowest BCUT2D eigenvalue weighted by molar-refractivity contribution is -0.112. The molecule has 0 atom stereocenters. The predicted octanol–water partition coefficient (Wildman–Crippen LogP) is 3.69. The monoisotopic (exact) mass is 300 g/mol. The topological polar surface area (TPSA) is 41.6 Å². The molecule has 1 aromatic rings. The number of nitrogens with one attached hydrogen (secondary N) is 1. The van der Waals surface area contributed by atoms with E-state index in [1.807, 2.05) is 18.2 Å². The van der Waals surface area contributed by atoms with Crippen molar-refractivity contribution in [1.29, 1.82) is 0 Å². The van der Waals surface area contributed by atoms with E-state index >= 15 is 0 Å². The van der Waals surface area contributed by atoms with Crippen LogP contribution < -0.4 is 10.1 Å². The highest BCUT2D eigenvalue weighted by Gasteiger charge is 2.26. The van der Waals surface area contributed by atoms with Crippen LogP contribution in [0.15, 0.2) is 30.4 Å². The van der Waals surface area contributed by atoms with Gasteiger partial charge < -0.3 is 10.1 Å². The number of carbonyl (C=O) groups is 1. The van der Waals surface area contributed by atoms with Crippen LogP contribution >= 0.6 is 0 Å². The molecule has 1 fully saturated rings. The van der Waals surface area contributed by atoms with Gasteiger partial charge in [0.2, 0.25) is 0 Å². The highest BCUT2D eigenvalue weighted by atomic mass is 16.5. The third-order valence-corrected chi connectivity index (χ3v) is 4.56. The van der Waals surface area contributed by atoms with Crippen LogP contribution in [0.1, 0.15) is 44.6 Å². The Morgan fingerprint density at radius 2 is 2.09 bits per heavy atom. The van der Waals surface area contributed by atoms with Crippen LogP contribution in [0.25, 0.3) is 0 Å². The number of carbonyl (C=O) groups excluding carboxylic acids is 1. The van der Waals surface area contributed by atoms with Gasteiger partial charge in [0.15, 0.2) is 0 Å². The molecule has 0 radical (unpaired) electrons. The Morgan fingerprint density at radius 1 is 1.32 bits per heavy atom. The van der Waals surface area contributed by atoms with Crippen molar-refractivity contribution >= 4 is 11.6 Å². The van der Waals surface area contributed by atoms with Crippen molar-refractivity contribution in [2.75, 3.05) is 12.0 Å². The summed E-state index contributed by atoms with van der Waals surface area (Å²) in [5.74, 6) is 0.793. The zero-order chi connectivity index (χ0) is 15.5. The number of ether oxygens (including phenoxy) is 1. The Kier molecular flexibility index (Phi) is 4.48. The highest BCUT2D eigenvalue weighted by molar-refractivity contribution is 6.02. The summed E-state index contributed by atoms with van der Waals surface area (Å²) in [6.07, 6.45) is 6.54. The van der Waals surface area contributed by atoms with Crippen LogP contribution in [0, 0.1) is 0 Å². The second kappa shape index (κ2) is 6.53. The van der Waals surface area contributed by atoms with E-state index in [-0.39, 0.29) is 5.91 Å². The van der Waals surface area contributed by atoms with Gasteiger partial charge in [0, 0.05) is 29.4 Å². The molecule has 0 aromatic heterocycles. The Morgan fingerprint density at radius 3 is 2.82 bits per heavy atom. The number of amides is 1. The third-order valence-electron chi connectivity index (χ3n) is 4.56. The Hall–Kier alpha value is -1.81. The van der Waals surface area contributed by atoms with Crippen LogP contribution in [0.5, 0.6) is 5.75 Å². The van der Waals surface area contributed by atoms with E-state index < -0.39 is 0 Å². The molecule has 118 valence electrons. The molecule has 4 nitrogen and oxygen atoms in total. The van der Waals surface area contributed by atoms with Crippen molar-refractivity contribution in [3.8, 4) is 5.75 Å². The van der Waals surface area contributed by atoms with Crippen molar-refractivity contribution < 1.29 is 9.53 Å². The fraction of sp³-hybridized carbons (Fsp3) is 0.500. The quantitative estimate of drug-likeness (QED) is 0.866. The lowest BCUT2D eigenvalue weighted by atomic mass is 9.94. The summed E-state index contributed by atoms with van der Waals surface area (Å²) in [5.41, 5.74) is 2.47. The first-order valence-corrected chi connectivity index (χ1v) is 8.10. The molecule has 1 heterocycles. The number of hydrogen-bond donors (Lipinski definition) is 1. The molecule has 1 amide bonds. The maximum Gasteiger partial charge on any atom is 0.250 e. The number of anilines is 1. The van der Waals surface area contributed by atoms with Gasteiger partial charge in [0.25, 0.3) is 5.91 Å². The molecular formula is C18H24N2O2. The average Bonchev–Trinajstić information content (AvgIpc) is 2.55. The molecule has 1 aromatic carbocycles. The van der Waals surface area contributed by atoms with Gasteiger partial charge in [-0.2, -0.15) is 0 Å². The second-order valence-electron chi connectivity index (χ2n) is 6.37. The molecule has 1 saturated carbocycles. The largest absolute Gasteiger partial charge is 0.478 e. The van der Waals surface area contributed by atoms with E-state index in [1.54, 1.807) is 6.92 Å². The molecule has 1 aliphatic carbocycles. The van der Waals surface area contributed by atoms with Gasteiger partial charge in [0.1, 0.15) is 12.5 Å². The molecule has 3 rings (SSSR count). The van der Waals surface area contributed by atoms with Gasteiger partial charge in [-0.25, -0.2) is 0 Å². The van der Waals surface area contributed by atoms with Crippen molar-refractivity contribution in [2.24, 2.45) is 0 Å². The fourth-order valence-corrected chi connectivity index (χ4v) is 3.26. The lowest BCUT2D eigenvalue weighted by Gasteiger charge is -2.37. The highest BCUT2D eigenvalue weighted by Crippen LogP contribution is 2.32. The van der Waals surface area contributed by atoms with Crippen LogP contribution in [-0.4, -0.2) is 23.6 Å². The fourth-order valence-electron chi connectivity index (χ4n) is 3.26. The molecule has 0 saturated heterocycles. The zero-order valence-electron chi connectivity index (χ0n) is 13.2. The first-order valence-electron chi connectivity index (χ1n) is 8.10. The van der Waals surface area contributed by atoms with E-state index in [9.17, 15) is 4.79 Å². The summed E-state index contributed by atoms with van der Waals surface area (Å²) in [6, 6.07) is 6.48. The first-order chi connectivity index (χ1) is 10.6. The molecular weight excluding hydrogens is 276 g/mol. The van der Waals surface area contributed by atoms with Crippen LogP contribution in [-0.2, 0) is 11.3 Å². The molecule has 1 aliphatic heterocycles. The Labute approximate surface area is 132 Å². The van der Waals surface area contributed by atoms with E-state index in [4.69, 9.17) is 4.74 Å². The molecule has 22 heavy (non-hydrogen) atoms. The summed E-state index contributed by atoms with van der Waals surface area (Å²) in [4.78, 5) is 14.2. The van der Waals surface area contributed by atoms with E-state index in [2.05, 4.69) is 16.8 Å². The van der Waals surface area contributed by atoms with Gasteiger partial charge in [-0.3, -0.25) is 9.69 Å². The standard InChI is InChI=1S/C18H24N2O2/c1-13(2)18(21)19-15-8-9-17-14(10-15)11-20(12-22-17)16-6-4-3-5-7-16/h8-10,16H,1,3-7,11-12H2,2H3,(H,19,21). The van der Waals surface area contributed by atoms with Crippen LogP contribution in [0.3, 0.4) is 0 Å². The normalized spacial score (nSPS) is 19.1. The molecule has 0 bridgehead atoms. The van der Waals surface area contributed by atoms with Crippen LogP contribution in [0.4, 0.5) is 5.69 Å². The molecule has 1 N–H and O–H groups in total. The summed E-state index contributed by atoms with van der Waals surface area (Å²) in [6.45, 7) is 6.95. The minimum absolute atomic E-state index is 0.138. The van der Waals surface area contributed by atoms with Crippen molar-refractivity contribution in [1.82, 2.24) is 4.90 Å². The van der Waals surface area contributed by atoms with Crippen molar-refractivity contribution in [3.63, 3.8) is 0 Å². The van der Waals surface area contributed by atoms with E-state index in [0.29, 0.717) is 18.3 Å². The number of hydrogen-bond acceptors (Lipinski definition) is 3. The Balaban J connectivity index is 1.71. The van der Waals surface area contributed by atoms with Gasteiger partial charge >= 0.3 is 0 Å². The Bertz CT molecular complexity index is 576. The molecule has 4 heteroatoms. The van der Waals surface area contributed by atoms with Gasteiger partial charge in [-0.1, -0.05) is 25.8 Å². The maximum absolute atomic E-state index is 11.7. The predicted molar refractivity (Wildman–Crippen MR) is 87.8 cm³/mol. The minimum atomic E-state index is -0.138. The number of nitrogens with zero attached hydrogens (tertiary/aromatic N) is 1. The van der Waals surface area contributed by atoms with Gasteiger partial charge in [0.05, 0.1) is 0 Å². The number of benzene rings is 1. The van der Waals surface area contributed by atoms with Crippen molar-refractivity contribution in [3.05, 3.63) is 35.9 Å². The number of fused-ring (bicyclic) bond motifs is 1. The molecule has 0 spiro atoms. The van der Waals surface area contributed by atoms with E-state index in [1.165, 1.54) is 32.1 Å². The van der Waals surface area contributed by atoms with Crippen molar-refractivity contribution in [2.45, 2.75) is 51.6 Å². The minimum Gasteiger partial charge on any atom is -0.478 e. The third kappa shape index (κ3) is 3.33. The second-order valence-corrected chi connectivity index (χ2v) is 6.37. The summed E-state index contributed by atoms with van der Waals surface area (Å²) < 4.78 is 5.89. The van der Waals surface area contributed by atoms with E-state index in [0.717, 1.165) is 23.5 Å². The first kappa shape index (κ1) is 15.1. The van der Waals surface area contributed by atoms with Gasteiger partial charge in [-0.05, 0) is 38.0 Å². The number of rotatable bonds is 3. The summed E-state index contributed by atoms with van der Waals surface area (Å²) >= 11 is 0. The molecule has 2 aliphatic rings. The summed E-state index contributed by atoms with van der Waals surface area (Å²) in [5, 5.41) is 2.87.